The molecule has 0 aromatic heterocycles. The van der Waals surface area contributed by atoms with Crippen molar-refractivity contribution in [1.29, 1.82) is 0 Å². The minimum Gasteiger partial charge on any atom is -0.454 e. The molecule has 8 heteroatoms. The molecule has 1 atom stereocenters. The minimum absolute atomic E-state index is 0.00712. The Bertz CT molecular complexity index is 1310. The average molecular weight is 496 g/mol. The van der Waals surface area contributed by atoms with E-state index in [0.29, 0.717) is 41.7 Å². The molecule has 4 rings (SSSR count). The van der Waals surface area contributed by atoms with Crippen LogP contribution in [0.1, 0.15) is 13.3 Å². The van der Waals surface area contributed by atoms with Crippen LogP contribution in [0.15, 0.2) is 96.4 Å². The summed E-state index contributed by atoms with van der Waals surface area (Å²) in [6, 6.07) is 14.5. The molecule has 2 aliphatic rings. The summed E-state index contributed by atoms with van der Waals surface area (Å²) in [4.78, 5) is 0.861. The fraction of sp³-hybridized carbons (Fsp3) is 0.192. The first-order valence-corrected chi connectivity index (χ1v) is 13.0. The summed E-state index contributed by atoms with van der Waals surface area (Å²) >= 11 is 5.18. The molecule has 176 valence electrons. The number of nitrogens with two attached hydrogens (primary N) is 1. The summed E-state index contributed by atoms with van der Waals surface area (Å²) in [6.07, 6.45) is 11.8. The summed E-state index contributed by atoms with van der Waals surface area (Å²) in [5.74, 6) is 2.40. The van der Waals surface area contributed by atoms with E-state index in [9.17, 15) is 8.42 Å². The Morgan fingerprint density at radius 3 is 2.32 bits per heavy atom. The summed E-state index contributed by atoms with van der Waals surface area (Å²) in [7, 11) is -3.51. The van der Waals surface area contributed by atoms with Gasteiger partial charge in [0, 0.05) is 35.5 Å². The van der Waals surface area contributed by atoms with Gasteiger partial charge in [0.1, 0.15) is 24.3 Å². The van der Waals surface area contributed by atoms with Crippen molar-refractivity contribution >= 4 is 32.8 Å². The number of nitrogens with zero attached hydrogens (tertiary/aromatic N) is 1. The number of quaternary nitrogens is 1. The fourth-order valence-electron chi connectivity index (χ4n) is 3.84. The van der Waals surface area contributed by atoms with E-state index < -0.39 is 10.0 Å². The Morgan fingerprint density at radius 2 is 1.71 bits per heavy atom. The molecule has 0 fully saturated rings. The lowest BCUT2D eigenvalue weighted by atomic mass is 10.2. The van der Waals surface area contributed by atoms with Crippen molar-refractivity contribution in [2.24, 2.45) is 5.73 Å². The second-order valence-electron chi connectivity index (χ2n) is 7.91. The second-order valence-corrected chi connectivity index (χ2v) is 10.8. The predicted molar refractivity (Wildman–Crippen MR) is 140 cm³/mol. The third kappa shape index (κ3) is 4.90. The maximum atomic E-state index is 13.2. The molecule has 1 aliphatic carbocycles. The molecule has 0 amide bonds. The van der Waals surface area contributed by atoms with Gasteiger partial charge in [0.05, 0.1) is 5.75 Å². The third-order valence-electron chi connectivity index (χ3n) is 5.70. The monoisotopic (exact) mass is 495 g/mol. The summed E-state index contributed by atoms with van der Waals surface area (Å²) in [6.45, 7) is 2.23. The first kappa shape index (κ1) is 24.1. The molecule has 0 bridgehead atoms. The van der Waals surface area contributed by atoms with Crippen molar-refractivity contribution in [2.75, 3.05) is 18.8 Å². The average Bonchev–Trinajstić information content (AvgIpc) is 2.87. The molecular formula is C26H27N2O4S2+. The first-order valence-electron chi connectivity index (χ1n) is 11.0. The van der Waals surface area contributed by atoms with E-state index in [0.717, 1.165) is 10.4 Å². The maximum absolute atomic E-state index is 13.2. The van der Waals surface area contributed by atoms with Crippen LogP contribution in [0.25, 0.3) is 0 Å². The van der Waals surface area contributed by atoms with Crippen LogP contribution in [0.5, 0.6) is 17.2 Å². The molecule has 1 heterocycles. The highest BCUT2D eigenvalue weighted by molar-refractivity contribution is 7.91. The van der Waals surface area contributed by atoms with E-state index in [2.05, 4.69) is 0 Å². The first-order chi connectivity index (χ1) is 16.4. The van der Waals surface area contributed by atoms with Crippen molar-refractivity contribution in [3.8, 4) is 17.2 Å². The summed E-state index contributed by atoms with van der Waals surface area (Å²) in [5.41, 5.74) is 7.22. The zero-order valence-corrected chi connectivity index (χ0v) is 20.5. The Morgan fingerprint density at radius 1 is 1.00 bits per heavy atom. The van der Waals surface area contributed by atoms with Gasteiger partial charge < -0.3 is 15.2 Å². The lowest BCUT2D eigenvalue weighted by Crippen LogP contribution is -2.51. The van der Waals surface area contributed by atoms with E-state index >= 15 is 0 Å². The van der Waals surface area contributed by atoms with E-state index in [1.807, 2.05) is 54.6 Å². The lowest BCUT2D eigenvalue weighted by Gasteiger charge is -2.34. The number of rotatable bonds is 8. The van der Waals surface area contributed by atoms with Crippen molar-refractivity contribution in [3.63, 3.8) is 0 Å². The highest BCUT2D eigenvalue weighted by atomic mass is 32.2. The van der Waals surface area contributed by atoms with Crippen LogP contribution in [0.2, 0.25) is 0 Å². The molecule has 34 heavy (non-hydrogen) atoms. The van der Waals surface area contributed by atoms with Gasteiger partial charge in [-0.25, -0.2) is 0 Å². The zero-order chi connectivity index (χ0) is 24.2. The molecule has 0 spiro atoms. The number of thiocarbonyl (C=S) groups is 1. The maximum Gasteiger partial charge on any atom is 0.306 e. The SMILES string of the molecule is CCS(=O)(=O)[N+]1(c2ccc(Oc3ccccc3OC3=CCC(=S)C=C3)cc2)C=C(CN)C=CC1. The molecule has 0 saturated carbocycles. The highest BCUT2D eigenvalue weighted by Crippen LogP contribution is 2.37. The number of hydrogen-bond acceptors (Lipinski definition) is 6. The van der Waals surface area contributed by atoms with Gasteiger partial charge in [-0.15, -0.1) is 0 Å². The zero-order valence-electron chi connectivity index (χ0n) is 18.9. The van der Waals surface area contributed by atoms with Crippen LogP contribution in [-0.2, 0) is 10.0 Å². The Balaban J connectivity index is 1.60. The number of hydrogen-bond donors (Lipinski definition) is 1. The fourth-order valence-corrected chi connectivity index (χ4v) is 5.50. The van der Waals surface area contributed by atoms with E-state index in [4.69, 9.17) is 27.4 Å². The molecule has 0 radical (unpaired) electrons. The molecule has 1 aliphatic heterocycles. The van der Waals surface area contributed by atoms with Crippen LogP contribution in [0.3, 0.4) is 0 Å². The summed E-state index contributed by atoms with van der Waals surface area (Å²) in [5, 5.41) is 0. The quantitative estimate of drug-likeness (QED) is 0.404. The van der Waals surface area contributed by atoms with Gasteiger partial charge in [-0.3, -0.25) is 0 Å². The van der Waals surface area contributed by atoms with Crippen LogP contribution in [-0.4, -0.2) is 32.1 Å². The normalized spacial score (nSPS) is 20.0. The van der Waals surface area contributed by atoms with E-state index in [1.54, 1.807) is 37.4 Å². The second kappa shape index (κ2) is 10.1. The number of sulfonamides is 1. The van der Waals surface area contributed by atoms with Gasteiger partial charge in [-0.2, -0.15) is 12.3 Å². The number of ether oxygens (including phenoxy) is 2. The van der Waals surface area contributed by atoms with Gasteiger partial charge >= 0.3 is 10.0 Å². The van der Waals surface area contributed by atoms with Crippen LogP contribution >= 0.6 is 12.2 Å². The molecule has 2 N–H and O–H groups in total. The number of allylic oxidation sites excluding steroid dienone is 3. The van der Waals surface area contributed by atoms with Gasteiger partial charge in [0.2, 0.25) is 0 Å². The predicted octanol–water partition coefficient (Wildman–Crippen LogP) is 5.14. The van der Waals surface area contributed by atoms with Crippen molar-refractivity contribution in [1.82, 2.24) is 3.89 Å². The Kier molecular flexibility index (Phi) is 7.13. The molecule has 1 unspecified atom stereocenters. The third-order valence-corrected chi connectivity index (χ3v) is 8.19. The lowest BCUT2D eigenvalue weighted by molar-refractivity contribution is 0.397. The topological polar surface area (TPSA) is 78.6 Å². The van der Waals surface area contributed by atoms with Crippen LogP contribution in [0, 0.1) is 0 Å². The van der Waals surface area contributed by atoms with Gasteiger partial charge in [0.25, 0.3) is 0 Å². The standard InChI is InChI=1S/C26H27N2O4S2/c1-2-34(29,30)28(17-5-6-20(18-27)19-28)21-9-11-22(12-10-21)31-25-7-3-4-8-26(25)32-23-13-15-24(33)16-14-23/h3-15,19H,2,16-18,27H2,1H3/q+1. The number of para-hydroxylation sites is 2. The smallest absolute Gasteiger partial charge is 0.306 e. The largest absolute Gasteiger partial charge is 0.454 e. The molecule has 2 aromatic carbocycles. The van der Waals surface area contributed by atoms with Crippen molar-refractivity contribution < 1.29 is 17.9 Å². The van der Waals surface area contributed by atoms with Gasteiger partial charge in [-0.1, -0.05) is 30.4 Å². The Hall–Kier alpha value is -3.04. The molecule has 6 nitrogen and oxygen atoms in total. The highest BCUT2D eigenvalue weighted by Gasteiger charge is 2.42. The Labute approximate surface area is 205 Å². The molecule has 0 saturated heterocycles. The van der Waals surface area contributed by atoms with Crippen LogP contribution < -0.4 is 19.1 Å². The van der Waals surface area contributed by atoms with E-state index in [1.165, 1.54) is 0 Å². The summed E-state index contributed by atoms with van der Waals surface area (Å²) < 4.78 is 38.1. The van der Waals surface area contributed by atoms with E-state index in [-0.39, 0.29) is 16.2 Å². The minimum atomic E-state index is -3.51. The van der Waals surface area contributed by atoms with Crippen molar-refractivity contribution in [2.45, 2.75) is 13.3 Å². The number of benzene rings is 2. The van der Waals surface area contributed by atoms with Crippen LogP contribution in [0.4, 0.5) is 5.69 Å². The van der Waals surface area contributed by atoms with Crippen molar-refractivity contribution in [3.05, 3.63) is 96.4 Å². The van der Waals surface area contributed by atoms with Gasteiger partial charge in [-0.05, 0) is 55.5 Å². The molecule has 2 aromatic rings. The molecular weight excluding hydrogens is 468 g/mol. The van der Waals surface area contributed by atoms with Gasteiger partial charge in [0.15, 0.2) is 17.2 Å².